The van der Waals surface area contributed by atoms with Gasteiger partial charge in [0.25, 0.3) is 0 Å². The van der Waals surface area contributed by atoms with Crippen LogP contribution in [0.25, 0.3) is 0 Å². The van der Waals surface area contributed by atoms with Gasteiger partial charge in [-0.1, -0.05) is 44.2 Å². The van der Waals surface area contributed by atoms with Crippen molar-refractivity contribution < 1.29 is 23.9 Å². The molecule has 1 fully saturated rings. The van der Waals surface area contributed by atoms with Gasteiger partial charge in [-0.25, -0.2) is 9.59 Å². The third kappa shape index (κ3) is 6.55. The highest BCUT2D eigenvalue weighted by atomic mass is 16.6. The maximum atomic E-state index is 12.5. The summed E-state index contributed by atoms with van der Waals surface area (Å²) in [4.78, 5) is 38.3. The minimum Gasteiger partial charge on any atom is -0.467 e. The molecule has 2 rings (SSSR count). The molecule has 1 N–H and O–H groups in total. The first-order chi connectivity index (χ1) is 13.4. The van der Waals surface area contributed by atoms with Gasteiger partial charge < -0.3 is 19.7 Å². The van der Waals surface area contributed by atoms with Crippen molar-refractivity contribution in [3.63, 3.8) is 0 Å². The quantitative estimate of drug-likeness (QED) is 0.724. The molecule has 1 aliphatic heterocycles. The van der Waals surface area contributed by atoms with Crippen LogP contribution in [0.3, 0.4) is 0 Å². The van der Waals surface area contributed by atoms with Crippen LogP contribution in [-0.4, -0.2) is 49.1 Å². The van der Waals surface area contributed by atoms with Crippen molar-refractivity contribution in [3.05, 3.63) is 35.9 Å². The summed E-state index contributed by atoms with van der Waals surface area (Å²) in [6, 6.07) is 8.87. The molecule has 1 heterocycles. The van der Waals surface area contributed by atoms with Crippen LogP contribution in [0.5, 0.6) is 0 Å². The number of likely N-dealkylation sites (tertiary alicyclic amines) is 1. The summed E-state index contributed by atoms with van der Waals surface area (Å²) in [6.07, 6.45) is 1.25. The number of nitrogens with zero attached hydrogens (tertiary/aromatic N) is 1. The van der Waals surface area contributed by atoms with Gasteiger partial charge in [0.2, 0.25) is 5.91 Å². The van der Waals surface area contributed by atoms with Gasteiger partial charge in [0.1, 0.15) is 12.6 Å². The van der Waals surface area contributed by atoms with Crippen molar-refractivity contribution >= 4 is 18.0 Å². The van der Waals surface area contributed by atoms with E-state index in [2.05, 4.69) is 5.32 Å². The summed E-state index contributed by atoms with van der Waals surface area (Å²) < 4.78 is 10.1. The molecule has 0 aliphatic carbocycles. The number of hydrogen-bond acceptors (Lipinski definition) is 5. The highest BCUT2D eigenvalue weighted by Crippen LogP contribution is 2.19. The Morgan fingerprint density at radius 2 is 1.79 bits per heavy atom. The zero-order chi connectivity index (χ0) is 20.5. The first kappa shape index (κ1) is 21.7. The number of esters is 1. The average molecular weight is 390 g/mol. The molecule has 0 unspecified atom stereocenters. The van der Waals surface area contributed by atoms with Gasteiger partial charge in [-0.15, -0.1) is 0 Å². The van der Waals surface area contributed by atoms with Crippen LogP contribution in [-0.2, 0) is 25.7 Å². The molecule has 1 saturated heterocycles. The number of benzene rings is 1. The number of methoxy groups -OCH3 is 1. The van der Waals surface area contributed by atoms with Gasteiger partial charge in [0.05, 0.1) is 7.11 Å². The fourth-order valence-corrected chi connectivity index (χ4v) is 3.25. The smallest absolute Gasteiger partial charge is 0.410 e. The second-order valence-corrected chi connectivity index (χ2v) is 7.52. The number of piperidine rings is 1. The van der Waals surface area contributed by atoms with Crippen molar-refractivity contribution in [2.75, 3.05) is 20.2 Å². The average Bonchev–Trinajstić information content (AvgIpc) is 2.71. The predicted octanol–water partition coefficient (Wildman–Crippen LogP) is 2.74. The molecule has 7 heteroatoms. The monoisotopic (exact) mass is 390 g/mol. The Balaban J connectivity index is 1.79. The van der Waals surface area contributed by atoms with Crippen LogP contribution in [0.2, 0.25) is 0 Å². The number of carbonyl (C=O) groups is 3. The minimum atomic E-state index is -0.633. The van der Waals surface area contributed by atoms with Crippen molar-refractivity contribution in [3.8, 4) is 0 Å². The Hall–Kier alpha value is -2.57. The third-order valence-corrected chi connectivity index (χ3v) is 4.84. The van der Waals surface area contributed by atoms with E-state index in [1.165, 1.54) is 7.11 Å². The summed E-state index contributed by atoms with van der Waals surface area (Å²) in [5, 5.41) is 2.81. The van der Waals surface area contributed by atoms with Crippen LogP contribution in [0.15, 0.2) is 30.3 Å². The molecule has 0 radical (unpaired) electrons. The van der Waals surface area contributed by atoms with E-state index >= 15 is 0 Å². The van der Waals surface area contributed by atoms with Gasteiger partial charge in [-0.2, -0.15) is 0 Å². The van der Waals surface area contributed by atoms with Gasteiger partial charge in [0, 0.05) is 19.0 Å². The minimum absolute atomic E-state index is 0.159. The topological polar surface area (TPSA) is 84.9 Å². The van der Waals surface area contributed by atoms with Gasteiger partial charge in [0.15, 0.2) is 0 Å². The Morgan fingerprint density at radius 3 is 2.36 bits per heavy atom. The largest absolute Gasteiger partial charge is 0.467 e. The fourth-order valence-electron chi connectivity index (χ4n) is 3.25. The normalized spacial score (nSPS) is 15.8. The SMILES string of the molecule is COC(=O)[C@H](CC(C)C)NC(=O)C1CCN(C(=O)OCc2ccccc2)CC1. The van der Waals surface area contributed by atoms with E-state index in [1.807, 2.05) is 44.2 Å². The van der Waals surface area contributed by atoms with E-state index in [4.69, 9.17) is 9.47 Å². The predicted molar refractivity (Wildman–Crippen MR) is 104 cm³/mol. The van der Waals surface area contributed by atoms with Crippen molar-refractivity contribution in [1.29, 1.82) is 0 Å². The van der Waals surface area contributed by atoms with Crippen LogP contribution in [0.4, 0.5) is 4.79 Å². The second kappa shape index (κ2) is 10.7. The van der Waals surface area contributed by atoms with E-state index in [0.29, 0.717) is 32.4 Å². The number of ether oxygens (including phenoxy) is 2. The standard InChI is InChI=1S/C21H30N2O5/c1-15(2)13-18(20(25)27-3)22-19(24)17-9-11-23(12-10-17)21(26)28-14-16-7-5-4-6-8-16/h4-8,15,17-18H,9-14H2,1-3H3,(H,22,24)/t18-/m0/s1. The molecule has 2 amide bonds. The Morgan fingerprint density at radius 1 is 1.14 bits per heavy atom. The number of carbonyl (C=O) groups excluding carboxylic acids is 3. The fraction of sp³-hybridized carbons (Fsp3) is 0.571. The van der Waals surface area contributed by atoms with Crippen LogP contribution in [0.1, 0.15) is 38.7 Å². The lowest BCUT2D eigenvalue weighted by molar-refractivity contribution is -0.146. The first-order valence-corrected chi connectivity index (χ1v) is 9.74. The molecule has 0 saturated carbocycles. The van der Waals surface area contributed by atoms with Crippen LogP contribution in [0, 0.1) is 11.8 Å². The summed E-state index contributed by atoms with van der Waals surface area (Å²) in [6.45, 7) is 5.12. The van der Waals surface area contributed by atoms with E-state index in [9.17, 15) is 14.4 Å². The second-order valence-electron chi connectivity index (χ2n) is 7.52. The van der Waals surface area contributed by atoms with Gasteiger partial charge in [-0.3, -0.25) is 4.79 Å². The van der Waals surface area contributed by atoms with Crippen molar-refractivity contribution in [2.24, 2.45) is 11.8 Å². The van der Waals surface area contributed by atoms with Crippen molar-refractivity contribution in [1.82, 2.24) is 10.2 Å². The van der Waals surface area contributed by atoms with Crippen LogP contribution < -0.4 is 5.32 Å². The summed E-state index contributed by atoms with van der Waals surface area (Å²) in [5.74, 6) is -0.555. The molecule has 1 aromatic carbocycles. The highest BCUT2D eigenvalue weighted by molar-refractivity contribution is 5.85. The molecular formula is C21H30N2O5. The van der Waals surface area contributed by atoms with Crippen LogP contribution >= 0.6 is 0 Å². The Bertz CT molecular complexity index is 654. The Kier molecular flexibility index (Phi) is 8.29. The lowest BCUT2D eigenvalue weighted by Gasteiger charge is -2.31. The van der Waals surface area contributed by atoms with E-state index in [1.54, 1.807) is 4.90 Å². The van der Waals surface area contributed by atoms with Gasteiger partial charge in [-0.05, 0) is 30.7 Å². The molecule has 1 aromatic rings. The lowest BCUT2D eigenvalue weighted by Crippen LogP contribution is -2.48. The maximum absolute atomic E-state index is 12.5. The van der Waals surface area contributed by atoms with Crippen molar-refractivity contribution in [2.45, 2.75) is 45.8 Å². The molecule has 1 aliphatic rings. The highest BCUT2D eigenvalue weighted by Gasteiger charge is 2.31. The molecule has 0 bridgehead atoms. The first-order valence-electron chi connectivity index (χ1n) is 9.74. The maximum Gasteiger partial charge on any atom is 0.410 e. The molecule has 28 heavy (non-hydrogen) atoms. The summed E-state index contributed by atoms with van der Waals surface area (Å²) in [5.41, 5.74) is 0.934. The van der Waals surface area contributed by atoms with E-state index < -0.39 is 12.0 Å². The Labute approximate surface area is 166 Å². The number of hydrogen-bond donors (Lipinski definition) is 1. The molecule has 1 atom stereocenters. The number of nitrogens with one attached hydrogen (secondary N) is 1. The molecule has 7 nitrogen and oxygen atoms in total. The third-order valence-electron chi connectivity index (χ3n) is 4.84. The summed E-state index contributed by atoms with van der Waals surface area (Å²) >= 11 is 0. The lowest BCUT2D eigenvalue weighted by atomic mass is 9.95. The number of amides is 2. The van der Waals surface area contributed by atoms with E-state index in [-0.39, 0.29) is 30.4 Å². The van der Waals surface area contributed by atoms with Gasteiger partial charge >= 0.3 is 12.1 Å². The zero-order valence-corrected chi connectivity index (χ0v) is 16.8. The molecular weight excluding hydrogens is 360 g/mol. The van der Waals surface area contributed by atoms with E-state index in [0.717, 1.165) is 5.56 Å². The number of rotatable bonds is 7. The molecule has 0 aromatic heterocycles. The molecule has 154 valence electrons. The molecule has 0 spiro atoms. The summed E-state index contributed by atoms with van der Waals surface area (Å²) in [7, 11) is 1.32. The zero-order valence-electron chi connectivity index (χ0n) is 16.8.